The molecule has 25 heavy (non-hydrogen) atoms. The van der Waals surface area contributed by atoms with Gasteiger partial charge in [0.25, 0.3) is 5.91 Å². The second-order valence-corrected chi connectivity index (χ2v) is 7.76. The number of ether oxygens (including phenoxy) is 2. The Kier molecular flexibility index (Phi) is 4.26. The van der Waals surface area contributed by atoms with Crippen LogP contribution in [0.15, 0.2) is 45.8 Å². The molecule has 0 aliphatic carbocycles. The quantitative estimate of drug-likeness (QED) is 0.501. The molecule has 0 unspecified atom stereocenters. The van der Waals surface area contributed by atoms with Crippen molar-refractivity contribution >= 4 is 61.9 Å². The van der Waals surface area contributed by atoms with E-state index < -0.39 is 0 Å². The minimum Gasteiger partial charge on any atom is -0.454 e. The third-order valence-corrected chi connectivity index (χ3v) is 5.56. The number of hydrogen-bond acceptors (Lipinski definition) is 5. The summed E-state index contributed by atoms with van der Waals surface area (Å²) in [6.07, 6.45) is 1.69. The van der Waals surface area contributed by atoms with Gasteiger partial charge in [0.1, 0.15) is 5.82 Å². The van der Waals surface area contributed by atoms with Crippen LogP contribution in [0.25, 0.3) is 6.08 Å². The highest BCUT2D eigenvalue weighted by Crippen LogP contribution is 2.40. The van der Waals surface area contributed by atoms with Crippen LogP contribution in [0.4, 0.5) is 10.1 Å². The second-order valence-electron chi connectivity index (χ2n) is 5.23. The number of anilines is 1. The maximum Gasteiger partial charge on any atom is 0.270 e. The molecular weight excluding hydrogens is 429 g/mol. The van der Waals surface area contributed by atoms with Crippen molar-refractivity contribution < 1.29 is 18.7 Å². The van der Waals surface area contributed by atoms with Crippen LogP contribution in [0.2, 0.25) is 0 Å². The van der Waals surface area contributed by atoms with Gasteiger partial charge in [-0.15, -0.1) is 0 Å². The van der Waals surface area contributed by atoms with Gasteiger partial charge in [-0.25, -0.2) is 4.39 Å². The smallest absolute Gasteiger partial charge is 0.270 e. The average Bonchev–Trinajstić information content (AvgIpc) is 3.15. The first-order chi connectivity index (χ1) is 12.0. The van der Waals surface area contributed by atoms with E-state index in [0.29, 0.717) is 36.4 Å². The number of amides is 1. The summed E-state index contributed by atoms with van der Waals surface area (Å²) < 4.78 is 24.8. The first-order valence-corrected chi connectivity index (χ1v) is 9.17. The largest absolute Gasteiger partial charge is 0.454 e. The Morgan fingerprint density at radius 3 is 2.80 bits per heavy atom. The molecule has 2 aromatic carbocycles. The number of benzene rings is 2. The van der Waals surface area contributed by atoms with E-state index >= 15 is 0 Å². The van der Waals surface area contributed by atoms with Crippen LogP contribution in [0.1, 0.15) is 5.56 Å². The highest BCUT2D eigenvalue weighted by molar-refractivity contribution is 9.10. The molecule has 1 saturated heterocycles. The van der Waals surface area contributed by atoms with Gasteiger partial charge in [0, 0.05) is 6.07 Å². The highest BCUT2D eigenvalue weighted by atomic mass is 79.9. The number of halogens is 2. The number of fused-ring (bicyclic) bond motifs is 1. The van der Waals surface area contributed by atoms with E-state index in [1.54, 1.807) is 36.4 Å². The molecule has 0 saturated carbocycles. The number of carbonyl (C=O) groups excluding carboxylic acids is 1. The minimum atomic E-state index is -0.356. The molecule has 0 atom stereocenters. The maximum atomic E-state index is 13.4. The highest BCUT2D eigenvalue weighted by Gasteiger charge is 2.34. The molecule has 2 aliphatic heterocycles. The maximum absolute atomic E-state index is 13.4. The molecule has 1 fully saturated rings. The molecule has 0 bridgehead atoms. The summed E-state index contributed by atoms with van der Waals surface area (Å²) in [7, 11) is 0. The molecule has 4 rings (SSSR count). The van der Waals surface area contributed by atoms with Gasteiger partial charge in [0.05, 0.1) is 15.1 Å². The third kappa shape index (κ3) is 3.05. The van der Waals surface area contributed by atoms with E-state index in [1.807, 2.05) is 0 Å². The summed E-state index contributed by atoms with van der Waals surface area (Å²) >= 11 is 9.70. The Morgan fingerprint density at radius 1 is 1.20 bits per heavy atom. The molecule has 2 aromatic rings. The van der Waals surface area contributed by atoms with E-state index in [2.05, 4.69) is 15.9 Å². The molecule has 0 radical (unpaired) electrons. The lowest BCUT2D eigenvalue weighted by atomic mass is 10.2. The van der Waals surface area contributed by atoms with Crippen molar-refractivity contribution in [1.29, 1.82) is 0 Å². The molecule has 0 N–H and O–H groups in total. The van der Waals surface area contributed by atoms with Gasteiger partial charge in [-0.1, -0.05) is 30.0 Å². The molecular formula is C17H9BrFNO3S2. The summed E-state index contributed by atoms with van der Waals surface area (Å²) in [5.41, 5.74) is 1.33. The van der Waals surface area contributed by atoms with Crippen LogP contribution < -0.4 is 14.4 Å². The SMILES string of the molecule is O=C1C(=Cc2ccc(F)c(Br)c2)SC(=S)N1c1ccc2c(c1)OCO2. The van der Waals surface area contributed by atoms with Crippen LogP contribution in [-0.4, -0.2) is 17.0 Å². The van der Waals surface area contributed by atoms with Crippen molar-refractivity contribution in [2.45, 2.75) is 0 Å². The Balaban J connectivity index is 1.66. The first-order valence-electron chi connectivity index (χ1n) is 7.15. The normalized spacial score (nSPS) is 17.7. The Bertz CT molecular complexity index is 947. The fraction of sp³-hybridized carbons (Fsp3) is 0.0588. The Morgan fingerprint density at radius 2 is 2.00 bits per heavy atom. The molecule has 1 amide bonds. The molecule has 2 aliphatic rings. The lowest BCUT2D eigenvalue weighted by molar-refractivity contribution is -0.113. The number of hydrogen-bond donors (Lipinski definition) is 0. The van der Waals surface area contributed by atoms with Gasteiger partial charge >= 0.3 is 0 Å². The zero-order chi connectivity index (χ0) is 17.6. The molecule has 0 aromatic heterocycles. The number of thiocarbonyl (C=S) groups is 1. The standard InChI is InChI=1S/C17H9BrFNO3S2/c18-11-5-9(1-3-12(11)19)6-15-16(21)20(17(24)25-15)10-2-4-13-14(7-10)23-8-22-13/h1-7H,8H2. The molecule has 0 spiro atoms. The van der Waals surface area contributed by atoms with Crippen molar-refractivity contribution in [3.63, 3.8) is 0 Å². The van der Waals surface area contributed by atoms with Crippen molar-refractivity contribution in [2.75, 3.05) is 11.7 Å². The van der Waals surface area contributed by atoms with E-state index in [9.17, 15) is 9.18 Å². The summed E-state index contributed by atoms with van der Waals surface area (Å²) in [4.78, 5) is 14.7. The molecule has 4 nitrogen and oxygen atoms in total. The van der Waals surface area contributed by atoms with Gasteiger partial charge in [-0.2, -0.15) is 0 Å². The van der Waals surface area contributed by atoms with Gasteiger partial charge in [-0.3, -0.25) is 9.69 Å². The topological polar surface area (TPSA) is 38.8 Å². The monoisotopic (exact) mass is 437 g/mol. The van der Waals surface area contributed by atoms with Crippen LogP contribution in [0.5, 0.6) is 11.5 Å². The predicted octanol–water partition coefficient (Wildman–Crippen LogP) is 4.72. The summed E-state index contributed by atoms with van der Waals surface area (Å²) in [6.45, 7) is 0.163. The Labute approximate surface area is 160 Å². The van der Waals surface area contributed by atoms with Crippen molar-refractivity contribution in [3.8, 4) is 11.5 Å². The molecule has 2 heterocycles. The van der Waals surface area contributed by atoms with E-state index in [-0.39, 0.29) is 18.5 Å². The van der Waals surface area contributed by atoms with Crippen LogP contribution in [0, 0.1) is 5.82 Å². The molecule has 126 valence electrons. The van der Waals surface area contributed by atoms with Gasteiger partial charge in [0.2, 0.25) is 6.79 Å². The summed E-state index contributed by atoms with van der Waals surface area (Å²) in [5, 5.41) is 0. The number of nitrogens with zero attached hydrogens (tertiary/aromatic N) is 1. The Hall–Kier alpha value is -1.90. The molecule has 8 heteroatoms. The minimum absolute atomic E-state index is 0.163. The number of rotatable bonds is 2. The van der Waals surface area contributed by atoms with Crippen LogP contribution >= 0.6 is 39.9 Å². The number of thioether (sulfide) groups is 1. The number of carbonyl (C=O) groups is 1. The lowest BCUT2D eigenvalue weighted by Crippen LogP contribution is -2.27. The van der Waals surface area contributed by atoms with Crippen LogP contribution in [0.3, 0.4) is 0 Å². The third-order valence-electron chi connectivity index (χ3n) is 3.65. The van der Waals surface area contributed by atoms with Crippen LogP contribution in [-0.2, 0) is 4.79 Å². The lowest BCUT2D eigenvalue weighted by Gasteiger charge is -2.14. The van der Waals surface area contributed by atoms with Crippen molar-refractivity contribution in [2.24, 2.45) is 0 Å². The van der Waals surface area contributed by atoms with E-state index in [4.69, 9.17) is 21.7 Å². The van der Waals surface area contributed by atoms with Gasteiger partial charge < -0.3 is 9.47 Å². The predicted molar refractivity (Wildman–Crippen MR) is 102 cm³/mol. The van der Waals surface area contributed by atoms with Gasteiger partial charge in [0.15, 0.2) is 15.8 Å². The summed E-state index contributed by atoms with van der Waals surface area (Å²) in [5.74, 6) is 0.637. The average molecular weight is 438 g/mol. The van der Waals surface area contributed by atoms with E-state index in [1.165, 1.54) is 22.7 Å². The zero-order valence-electron chi connectivity index (χ0n) is 12.5. The fourth-order valence-electron chi connectivity index (χ4n) is 2.47. The van der Waals surface area contributed by atoms with E-state index in [0.717, 1.165) is 0 Å². The van der Waals surface area contributed by atoms with Crippen molar-refractivity contribution in [1.82, 2.24) is 0 Å². The van der Waals surface area contributed by atoms with Gasteiger partial charge in [-0.05, 0) is 51.8 Å². The summed E-state index contributed by atoms with van der Waals surface area (Å²) in [6, 6.07) is 9.79. The fourth-order valence-corrected chi connectivity index (χ4v) is 4.16. The zero-order valence-corrected chi connectivity index (χ0v) is 15.7. The second kappa shape index (κ2) is 6.44. The first kappa shape index (κ1) is 16.6. The van der Waals surface area contributed by atoms with Crippen molar-refractivity contribution in [3.05, 3.63) is 57.2 Å².